The maximum Gasteiger partial charge on any atom is 0.386 e. The van der Waals surface area contributed by atoms with Crippen LogP contribution in [-0.2, 0) is 48.7 Å². The Bertz CT molecular complexity index is 581. The second-order valence-electron chi connectivity index (χ2n) is 6.60. The van der Waals surface area contributed by atoms with E-state index in [1.54, 1.807) is 7.11 Å². The van der Waals surface area contributed by atoms with E-state index in [0.717, 1.165) is 0 Å². The largest absolute Gasteiger partial charge is 0.386 e. The summed E-state index contributed by atoms with van der Waals surface area (Å²) in [6.45, 7) is -3.00. The summed E-state index contributed by atoms with van der Waals surface area (Å²) in [6, 6.07) is 0. The molecule has 27 heavy (non-hydrogen) atoms. The minimum absolute atomic E-state index is 0.0273. The first kappa shape index (κ1) is 24.2. The molecule has 2 saturated heterocycles. The van der Waals surface area contributed by atoms with Crippen molar-refractivity contribution in [2.75, 3.05) is 27.4 Å². The van der Waals surface area contributed by atoms with Crippen molar-refractivity contribution in [2.24, 2.45) is 0 Å². The lowest BCUT2D eigenvalue weighted by Crippen LogP contribution is -2.30. The summed E-state index contributed by atoms with van der Waals surface area (Å²) in [5.41, 5.74) is 0. The minimum Gasteiger partial charge on any atom is -0.382 e. The predicted molar refractivity (Wildman–Crippen MR) is 106 cm³/mol. The van der Waals surface area contributed by atoms with E-state index in [1.807, 2.05) is 13.8 Å². The Hall–Kier alpha value is 0.910. The summed E-state index contributed by atoms with van der Waals surface area (Å²) in [5, 5.41) is 0. The van der Waals surface area contributed by atoms with Crippen molar-refractivity contribution in [3.63, 3.8) is 0 Å². The number of ether oxygens (including phenoxy) is 3. The highest BCUT2D eigenvalue weighted by Crippen LogP contribution is 2.55. The molecule has 0 radical (unpaired) electrons. The van der Waals surface area contributed by atoms with Crippen molar-refractivity contribution in [3.05, 3.63) is 0 Å². The Morgan fingerprint density at radius 3 is 2.11 bits per heavy atom. The lowest BCUT2D eigenvalue weighted by atomic mass is 10.1. The van der Waals surface area contributed by atoms with Gasteiger partial charge in [-0.1, -0.05) is 12.2 Å². The molecule has 2 heterocycles. The first-order valence-corrected chi connectivity index (χ1v) is 13.9. The summed E-state index contributed by atoms with van der Waals surface area (Å²) in [7, 11) is 2.81. The minimum atomic E-state index is -3.54. The molecule has 160 valence electrons. The van der Waals surface area contributed by atoms with Crippen LogP contribution in [0.3, 0.4) is 0 Å². The highest BCUT2D eigenvalue weighted by atomic mass is 32.7. The molecule has 2 aliphatic rings. The third-order valence-electron chi connectivity index (χ3n) is 4.27. The zero-order valence-electron chi connectivity index (χ0n) is 15.8. The van der Waals surface area contributed by atoms with Gasteiger partial charge in [-0.15, -0.1) is 0 Å². The molecule has 0 aromatic heterocycles. The lowest BCUT2D eigenvalue weighted by Gasteiger charge is -2.26. The molecule has 0 saturated carbocycles. The number of rotatable bonds is 10. The van der Waals surface area contributed by atoms with E-state index < -0.39 is 31.8 Å². The van der Waals surface area contributed by atoms with Gasteiger partial charge in [0.2, 0.25) is 0 Å². The van der Waals surface area contributed by atoms with Crippen LogP contribution >= 0.6 is 25.8 Å². The van der Waals surface area contributed by atoms with Crippen molar-refractivity contribution < 1.29 is 41.8 Å². The Balaban J connectivity index is 1.91. The van der Waals surface area contributed by atoms with E-state index in [-0.39, 0.29) is 24.9 Å². The molecule has 2 unspecified atom stereocenters. The number of methoxy groups -OCH3 is 1. The molecule has 13 heteroatoms. The van der Waals surface area contributed by atoms with Gasteiger partial charge in [0, 0.05) is 27.1 Å². The molecule has 0 spiro atoms. The van der Waals surface area contributed by atoms with Crippen LogP contribution in [0.25, 0.3) is 0 Å². The van der Waals surface area contributed by atoms with Gasteiger partial charge in [-0.05, 0) is 25.7 Å². The number of hydrogen-bond donors (Lipinski definition) is 2. The third-order valence-corrected chi connectivity index (χ3v) is 7.63. The van der Waals surface area contributed by atoms with E-state index in [1.165, 1.54) is 7.11 Å². The first-order valence-electron chi connectivity index (χ1n) is 8.57. The van der Waals surface area contributed by atoms with Crippen molar-refractivity contribution in [3.8, 4) is 0 Å². The van der Waals surface area contributed by atoms with Gasteiger partial charge in [-0.2, -0.15) is 0 Å². The smallest absolute Gasteiger partial charge is 0.382 e. The van der Waals surface area contributed by atoms with Crippen LogP contribution in [-0.4, -0.2) is 69.0 Å². The molecule has 0 amide bonds. The van der Waals surface area contributed by atoms with Gasteiger partial charge in [0.25, 0.3) is 0 Å². The quantitative estimate of drug-likeness (QED) is 0.369. The Morgan fingerprint density at radius 2 is 1.59 bits per heavy atom. The number of thiol groups is 1. The summed E-state index contributed by atoms with van der Waals surface area (Å²) in [6.07, 6.45) is -0.980. The summed E-state index contributed by atoms with van der Waals surface area (Å²) >= 11 is 9.00. The third kappa shape index (κ3) is 7.59. The maximum atomic E-state index is 12.0. The second-order valence-corrected chi connectivity index (χ2v) is 12.4. The Kier molecular flexibility index (Phi) is 9.21. The molecule has 2 aliphatic heterocycles. The summed E-state index contributed by atoms with van der Waals surface area (Å²) in [4.78, 5) is 10.4. The number of hydrogen-bond acceptors (Lipinski definition) is 9. The van der Waals surface area contributed by atoms with Gasteiger partial charge in [0.05, 0.1) is 37.6 Å². The van der Waals surface area contributed by atoms with Crippen molar-refractivity contribution in [1.29, 1.82) is 0 Å². The lowest BCUT2D eigenvalue weighted by molar-refractivity contribution is -0.0331. The fraction of sp³-hybridized carbons (Fsp3) is 1.00. The SMILES string of the molecule is COC[C@H]1O[C@@H](C)C[C@H]1OP(O)(=S)OC[C@H]1O[C@@H](C)C[C@H]1OP(=O)(S)OC. The molecular formula is C14H28O9P2S2. The van der Waals surface area contributed by atoms with Gasteiger partial charge in [-0.3, -0.25) is 4.52 Å². The highest BCUT2D eigenvalue weighted by Gasteiger charge is 2.41. The van der Waals surface area contributed by atoms with Crippen LogP contribution in [0.4, 0.5) is 0 Å². The summed E-state index contributed by atoms with van der Waals surface area (Å²) in [5.74, 6) is 0. The molecule has 2 rings (SSSR count). The van der Waals surface area contributed by atoms with Gasteiger partial charge < -0.3 is 32.7 Å². The van der Waals surface area contributed by atoms with Crippen LogP contribution in [0.15, 0.2) is 0 Å². The topological polar surface area (TPSA) is 102 Å². The fourth-order valence-electron chi connectivity index (χ4n) is 3.10. The summed E-state index contributed by atoms with van der Waals surface area (Å²) < 4.78 is 49.7. The Labute approximate surface area is 170 Å². The molecule has 9 nitrogen and oxygen atoms in total. The zero-order valence-corrected chi connectivity index (χ0v) is 19.3. The van der Waals surface area contributed by atoms with Crippen LogP contribution in [0.2, 0.25) is 0 Å². The van der Waals surface area contributed by atoms with Crippen LogP contribution in [0, 0.1) is 0 Å². The van der Waals surface area contributed by atoms with Gasteiger partial charge in [0.1, 0.15) is 12.2 Å². The van der Waals surface area contributed by atoms with E-state index >= 15 is 0 Å². The normalized spacial score (nSPS) is 38.6. The van der Waals surface area contributed by atoms with Crippen LogP contribution in [0.1, 0.15) is 26.7 Å². The molecule has 2 fully saturated rings. The highest BCUT2D eigenvalue weighted by molar-refractivity contribution is 8.44. The molecule has 0 aliphatic carbocycles. The van der Waals surface area contributed by atoms with Crippen molar-refractivity contribution in [2.45, 2.75) is 63.3 Å². The second kappa shape index (κ2) is 10.3. The van der Waals surface area contributed by atoms with Crippen LogP contribution < -0.4 is 0 Å². The molecule has 0 aromatic carbocycles. The maximum absolute atomic E-state index is 12.0. The van der Waals surface area contributed by atoms with Gasteiger partial charge in [0.15, 0.2) is 0 Å². The average molecular weight is 466 g/mol. The Morgan fingerprint density at radius 1 is 1.07 bits per heavy atom. The van der Waals surface area contributed by atoms with E-state index in [9.17, 15) is 9.46 Å². The molecule has 0 aromatic rings. The zero-order chi connectivity index (χ0) is 20.2. The average Bonchev–Trinajstić information content (AvgIpc) is 3.07. The van der Waals surface area contributed by atoms with Crippen LogP contribution in [0.5, 0.6) is 0 Å². The first-order chi connectivity index (χ1) is 12.5. The predicted octanol–water partition coefficient (Wildman–Crippen LogP) is 2.68. The molecule has 8 atom stereocenters. The van der Waals surface area contributed by atoms with Gasteiger partial charge >= 0.3 is 13.5 Å². The van der Waals surface area contributed by atoms with Crippen molar-refractivity contribution >= 4 is 37.6 Å². The van der Waals surface area contributed by atoms with E-state index in [2.05, 4.69) is 12.2 Å². The molecular weight excluding hydrogens is 438 g/mol. The monoisotopic (exact) mass is 466 g/mol. The fourth-order valence-corrected chi connectivity index (χ4v) is 5.59. The standard InChI is InChI=1S/C14H28O9P2S2/c1-9-5-11(13(20-9)7-17-3)23-25(16,27)19-8-14-12(6-10(2)21-14)22-24(15,26)18-4/h9-14H,5-8H2,1-4H3,(H,15,26)(H,16,27)/t9-,10-,11+,12+,13+,14+,24?,25?/m0/s1. The molecule has 0 bridgehead atoms. The molecule has 1 N–H and O–H groups in total. The van der Waals surface area contributed by atoms with Gasteiger partial charge in [-0.25, -0.2) is 4.57 Å². The van der Waals surface area contributed by atoms with E-state index in [0.29, 0.717) is 19.4 Å². The van der Waals surface area contributed by atoms with E-state index in [4.69, 9.17) is 44.1 Å². The van der Waals surface area contributed by atoms with Crippen molar-refractivity contribution in [1.82, 2.24) is 0 Å².